The summed E-state index contributed by atoms with van der Waals surface area (Å²) in [4.78, 5) is 23.1. The summed E-state index contributed by atoms with van der Waals surface area (Å²) >= 11 is 0. The van der Waals surface area contributed by atoms with Gasteiger partial charge in [-0.3, -0.25) is 14.4 Å². The highest BCUT2D eigenvalue weighted by atomic mass is 16.5. The molecule has 9 heteroatoms. The standard InChI is InChI=1S/C17H23N7O2/c1-23-15-12(14(22-23)16(18)25)3-2-11-10-20-17(21-13(11)15)19-4-5-24-6-8-26-9-7-24/h10H,2-9H2,1H3,(H2,18,25)(H,19,20,21). The predicted molar refractivity (Wildman–Crippen MR) is 95.9 cm³/mol. The summed E-state index contributed by atoms with van der Waals surface area (Å²) in [6, 6.07) is 0. The molecule has 138 valence electrons. The van der Waals surface area contributed by atoms with E-state index in [1.807, 2.05) is 13.2 Å². The topological polar surface area (TPSA) is 111 Å². The van der Waals surface area contributed by atoms with Crippen molar-refractivity contribution < 1.29 is 9.53 Å². The molecule has 0 aromatic carbocycles. The number of aromatic nitrogens is 4. The Labute approximate surface area is 151 Å². The third-order valence-electron chi connectivity index (χ3n) is 4.93. The SMILES string of the molecule is Cn1nc(C(N)=O)c2c1-c1nc(NCCN3CCOCC3)ncc1CC2. The highest BCUT2D eigenvalue weighted by molar-refractivity contribution is 5.94. The van der Waals surface area contributed by atoms with Gasteiger partial charge in [0.05, 0.1) is 24.6 Å². The minimum absolute atomic E-state index is 0.341. The fourth-order valence-electron chi connectivity index (χ4n) is 3.59. The van der Waals surface area contributed by atoms with E-state index < -0.39 is 5.91 Å². The van der Waals surface area contributed by atoms with E-state index in [2.05, 4.69) is 20.3 Å². The Kier molecular flexibility index (Phi) is 4.56. The van der Waals surface area contributed by atoms with Crippen LogP contribution in [0.2, 0.25) is 0 Å². The van der Waals surface area contributed by atoms with Crippen LogP contribution < -0.4 is 11.1 Å². The van der Waals surface area contributed by atoms with Crippen LogP contribution >= 0.6 is 0 Å². The molecule has 0 spiro atoms. The van der Waals surface area contributed by atoms with E-state index in [1.54, 1.807) is 4.68 Å². The summed E-state index contributed by atoms with van der Waals surface area (Å²) < 4.78 is 7.05. The van der Waals surface area contributed by atoms with Gasteiger partial charge in [-0.2, -0.15) is 5.10 Å². The van der Waals surface area contributed by atoms with E-state index in [9.17, 15) is 4.79 Å². The van der Waals surface area contributed by atoms with Crippen LogP contribution in [0.5, 0.6) is 0 Å². The first-order valence-corrected chi connectivity index (χ1v) is 8.89. The summed E-state index contributed by atoms with van der Waals surface area (Å²) in [7, 11) is 1.81. The lowest BCUT2D eigenvalue weighted by atomic mass is 9.93. The molecule has 0 saturated carbocycles. The molecule has 1 amide bonds. The highest BCUT2D eigenvalue weighted by Crippen LogP contribution is 2.33. The van der Waals surface area contributed by atoms with Crippen LogP contribution in [-0.2, 0) is 24.6 Å². The Morgan fingerprint density at radius 1 is 1.35 bits per heavy atom. The first-order valence-electron chi connectivity index (χ1n) is 8.89. The molecule has 3 heterocycles. The summed E-state index contributed by atoms with van der Waals surface area (Å²) in [5, 5.41) is 7.58. The second-order valence-corrected chi connectivity index (χ2v) is 6.61. The number of morpholine rings is 1. The normalized spacial score (nSPS) is 16.8. The molecule has 0 radical (unpaired) electrons. The molecule has 0 unspecified atom stereocenters. The van der Waals surface area contributed by atoms with Gasteiger partial charge in [0.1, 0.15) is 0 Å². The van der Waals surface area contributed by atoms with Crippen molar-refractivity contribution >= 4 is 11.9 Å². The maximum atomic E-state index is 11.6. The molecule has 2 aromatic heterocycles. The van der Waals surface area contributed by atoms with Gasteiger partial charge >= 0.3 is 0 Å². The Morgan fingerprint density at radius 3 is 2.92 bits per heavy atom. The van der Waals surface area contributed by atoms with Gasteiger partial charge in [0.2, 0.25) is 5.95 Å². The van der Waals surface area contributed by atoms with Gasteiger partial charge in [-0.1, -0.05) is 0 Å². The molecule has 0 bridgehead atoms. The maximum absolute atomic E-state index is 11.6. The zero-order valence-corrected chi connectivity index (χ0v) is 14.9. The van der Waals surface area contributed by atoms with E-state index >= 15 is 0 Å². The quantitative estimate of drug-likeness (QED) is 0.763. The molecule has 9 nitrogen and oxygen atoms in total. The molecule has 1 fully saturated rings. The van der Waals surface area contributed by atoms with Crippen LogP contribution in [0.15, 0.2) is 6.20 Å². The van der Waals surface area contributed by atoms with Crippen molar-refractivity contribution in [2.45, 2.75) is 12.8 Å². The number of fused-ring (bicyclic) bond motifs is 3. The van der Waals surface area contributed by atoms with Crippen LogP contribution in [0.25, 0.3) is 11.4 Å². The third kappa shape index (κ3) is 3.15. The number of rotatable bonds is 5. The summed E-state index contributed by atoms with van der Waals surface area (Å²) in [5.74, 6) is 0.0925. The number of hydrogen-bond donors (Lipinski definition) is 2. The second kappa shape index (κ2) is 7.00. The van der Waals surface area contributed by atoms with Crippen LogP contribution in [-0.4, -0.2) is 69.9 Å². The van der Waals surface area contributed by atoms with Gasteiger partial charge in [0.15, 0.2) is 5.69 Å². The second-order valence-electron chi connectivity index (χ2n) is 6.61. The van der Waals surface area contributed by atoms with Crippen LogP contribution in [0.4, 0.5) is 5.95 Å². The summed E-state index contributed by atoms with van der Waals surface area (Å²) in [6.45, 7) is 5.19. The summed E-state index contributed by atoms with van der Waals surface area (Å²) in [5.41, 5.74) is 9.44. The zero-order chi connectivity index (χ0) is 18.1. The third-order valence-corrected chi connectivity index (χ3v) is 4.93. The van der Waals surface area contributed by atoms with Gasteiger partial charge in [-0.05, 0) is 18.4 Å². The van der Waals surface area contributed by atoms with Crippen molar-refractivity contribution in [1.82, 2.24) is 24.6 Å². The molecule has 0 atom stereocenters. The van der Waals surface area contributed by atoms with E-state index in [1.165, 1.54) is 0 Å². The van der Waals surface area contributed by atoms with Crippen molar-refractivity contribution in [3.8, 4) is 11.4 Å². The number of nitrogens with zero attached hydrogens (tertiary/aromatic N) is 5. The largest absolute Gasteiger partial charge is 0.379 e. The Hall–Kier alpha value is -2.52. The van der Waals surface area contributed by atoms with Crippen LogP contribution in [0.1, 0.15) is 21.6 Å². The van der Waals surface area contributed by atoms with E-state index in [4.69, 9.17) is 15.5 Å². The first-order chi connectivity index (χ1) is 12.6. The number of aryl methyl sites for hydroxylation is 2. The molecule has 1 aliphatic heterocycles. The highest BCUT2D eigenvalue weighted by Gasteiger charge is 2.27. The van der Waals surface area contributed by atoms with Gasteiger partial charge in [0, 0.05) is 45.0 Å². The van der Waals surface area contributed by atoms with Gasteiger partial charge < -0.3 is 15.8 Å². The molecule has 1 saturated heterocycles. The van der Waals surface area contributed by atoms with Crippen molar-refractivity contribution in [3.05, 3.63) is 23.0 Å². The number of amides is 1. The van der Waals surface area contributed by atoms with E-state index in [0.717, 1.165) is 74.7 Å². The Balaban J connectivity index is 1.53. The lowest BCUT2D eigenvalue weighted by Gasteiger charge is -2.26. The predicted octanol–water partition coefficient (Wildman–Crippen LogP) is -0.181. The van der Waals surface area contributed by atoms with Crippen LogP contribution in [0, 0.1) is 0 Å². The number of nitrogens with two attached hydrogens (primary N) is 1. The van der Waals surface area contributed by atoms with Gasteiger partial charge in [0.25, 0.3) is 5.91 Å². The first kappa shape index (κ1) is 16.9. The zero-order valence-electron chi connectivity index (χ0n) is 14.9. The minimum Gasteiger partial charge on any atom is -0.379 e. The monoisotopic (exact) mass is 357 g/mol. The van der Waals surface area contributed by atoms with Gasteiger partial charge in [-0.15, -0.1) is 0 Å². The molecule has 3 N–H and O–H groups in total. The smallest absolute Gasteiger partial charge is 0.269 e. The molecule has 4 rings (SSSR count). The fourth-order valence-corrected chi connectivity index (χ4v) is 3.59. The molecule has 26 heavy (non-hydrogen) atoms. The molecular weight excluding hydrogens is 334 g/mol. The number of primary amides is 1. The van der Waals surface area contributed by atoms with Crippen molar-refractivity contribution in [1.29, 1.82) is 0 Å². The molecule has 1 aliphatic carbocycles. The number of carbonyl (C=O) groups excluding carboxylic acids is 1. The minimum atomic E-state index is -0.497. The number of ether oxygens (including phenoxy) is 1. The molecular formula is C17H23N7O2. The van der Waals surface area contributed by atoms with Crippen molar-refractivity contribution in [3.63, 3.8) is 0 Å². The van der Waals surface area contributed by atoms with Crippen molar-refractivity contribution in [2.24, 2.45) is 12.8 Å². The van der Waals surface area contributed by atoms with Crippen LogP contribution in [0.3, 0.4) is 0 Å². The Morgan fingerprint density at radius 2 is 2.15 bits per heavy atom. The lowest BCUT2D eigenvalue weighted by Crippen LogP contribution is -2.39. The number of carbonyl (C=O) groups is 1. The fraction of sp³-hybridized carbons (Fsp3) is 0.529. The average Bonchev–Trinajstić information content (AvgIpc) is 3.00. The van der Waals surface area contributed by atoms with Crippen molar-refractivity contribution in [2.75, 3.05) is 44.7 Å². The van der Waals surface area contributed by atoms with E-state index in [0.29, 0.717) is 11.6 Å². The molecule has 2 aromatic rings. The lowest BCUT2D eigenvalue weighted by molar-refractivity contribution is 0.0398. The average molecular weight is 357 g/mol. The Bertz CT molecular complexity index is 827. The number of anilines is 1. The number of nitrogens with one attached hydrogen (secondary N) is 1. The maximum Gasteiger partial charge on any atom is 0.269 e. The number of hydrogen-bond acceptors (Lipinski definition) is 7. The van der Waals surface area contributed by atoms with Gasteiger partial charge in [-0.25, -0.2) is 9.97 Å². The van der Waals surface area contributed by atoms with E-state index in [-0.39, 0.29) is 0 Å². The summed E-state index contributed by atoms with van der Waals surface area (Å²) in [6.07, 6.45) is 3.36. The molecule has 2 aliphatic rings.